The summed E-state index contributed by atoms with van der Waals surface area (Å²) < 4.78 is 27.2. The van der Waals surface area contributed by atoms with Gasteiger partial charge in [-0.2, -0.15) is 0 Å². The third kappa shape index (κ3) is 4.06. The second kappa shape index (κ2) is 8.84. The summed E-state index contributed by atoms with van der Waals surface area (Å²) in [5.74, 6) is -1.42. The SMILES string of the molecule is CSc1ccc([C@@H]2C(S(=O)(=O)c3ccc(C)cc3)=C(O)C(=O)N2Cc2ccccc2)cc1. The molecule has 0 fully saturated rings. The second-order valence-electron chi connectivity index (χ2n) is 7.62. The van der Waals surface area contributed by atoms with E-state index in [0.717, 1.165) is 16.0 Å². The van der Waals surface area contributed by atoms with E-state index in [2.05, 4.69) is 0 Å². The van der Waals surface area contributed by atoms with Crippen LogP contribution < -0.4 is 0 Å². The average Bonchev–Trinajstić information content (AvgIpc) is 3.05. The number of aliphatic hydroxyl groups excluding tert-OH is 1. The van der Waals surface area contributed by atoms with E-state index in [4.69, 9.17) is 0 Å². The number of carbonyl (C=O) groups is 1. The van der Waals surface area contributed by atoms with Gasteiger partial charge in [-0.15, -0.1) is 11.8 Å². The van der Waals surface area contributed by atoms with Crippen molar-refractivity contribution in [2.75, 3.05) is 6.26 Å². The Bertz CT molecular complexity index is 1270. The van der Waals surface area contributed by atoms with Crippen molar-refractivity contribution < 1.29 is 18.3 Å². The molecule has 0 aliphatic carbocycles. The highest BCUT2D eigenvalue weighted by atomic mass is 32.2. The molecule has 0 saturated carbocycles. The number of hydrogen-bond donors (Lipinski definition) is 1. The Morgan fingerprint density at radius 3 is 2.16 bits per heavy atom. The highest BCUT2D eigenvalue weighted by Gasteiger charge is 2.46. The number of thioether (sulfide) groups is 1. The minimum atomic E-state index is -4.11. The summed E-state index contributed by atoms with van der Waals surface area (Å²) in [6, 6.07) is 22.2. The molecule has 1 heterocycles. The van der Waals surface area contributed by atoms with Crippen LogP contribution in [-0.4, -0.2) is 30.6 Å². The monoisotopic (exact) mass is 465 g/mol. The Morgan fingerprint density at radius 2 is 1.56 bits per heavy atom. The quantitative estimate of drug-likeness (QED) is 0.516. The lowest BCUT2D eigenvalue weighted by Crippen LogP contribution is -2.30. The second-order valence-corrected chi connectivity index (χ2v) is 10.4. The highest BCUT2D eigenvalue weighted by Crippen LogP contribution is 2.43. The van der Waals surface area contributed by atoms with Crippen LogP contribution in [0.5, 0.6) is 0 Å². The van der Waals surface area contributed by atoms with Crippen molar-refractivity contribution in [3.05, 3.63) is 106 Å². The van der Waals surface area contributed by atoms with Gasteiger partial charge in [-0.3, -0.25) is 4.79 Å². The molecule has 1 aliphatic heterocycles. The number of aliphatic hydroxyl groups is 1. The minimum absolute atomic E-state index is 0.0461. The van der Waals surface area contributed by atoms with E-state index in [9.17, 15) is 18.3 Å². The lowest BCUT2D eigenvalue weighted by Gasteiger charge is -2.27. The fourth-order valence-corrected chi connectivity index (χ4v) is 5.86. The van der Waals surface area contributed by atoms with E-state index < -0.39 is 27.5 Å². The number of hydrogen-bond acceptors (Lipinski definition) is 5. The lowest BCUT2D eigenvalue weighted by molar-refractivity contribution is -0.130. The predicted molar refractivity (Wildman–Crippen MR) is 126 cm³/mol. The van der Waals surface area contributed by atoms with Crippen LogP contribution in [-0.2, 0) is 21.2 Å². The van der Waals surface area contributed by atoms with Crippen molar-refractivity contribution in [2.45, 2.75) is 29.3 Å². The van der Waals surface area contributed by atoms with Crippen LogP contribution >= 0.6 is 11.8 Å². The van der Waals surface area contributed by atoms with Crippen LogP contribution in [0.1, 0.15) is 22.7 Å². The molecule has 32 heavy (non-hydrogen) atoms. The number of sulfone groups is 1. The molecule has 4 rings (SSSR count). The Kier molecular flexibility index (Phi) is 6.13. The molecule has 5 nitrogen and oxygen atoms in total. The largest absolute Gasteiger partial charge is 0.502 e. The van der Waals surface area contributed by atoms with Crippen LogP contribution in [0.15, 0.2) is 99.3 Å². The molecule has 0 unspecified atom stereocenters. The van der Waals surface area contributed by atoms with Crippen molar-refractivity contribution in [3.8, 4) is 0 Å². The summed E-state index contributed by atoms with van der Waals surface area (Å²) in [6.07, 6.45) is 1.95. The van der Waals surface area contributed by atoms with Crippen LogP contribution in [0.3, 0.4) is 0 Å². The molecule has 1 aliphatic rings. The maximum absolute atomic E-state index is 13.6. The van der Waals surface area contributed by atoms with Crippen LogP contribution in [0.25, 0.3) is 0 Å². The van der Waals surface area contributed by atoms with E-state index in [-0.39, 0.29) is 16.3 Å². The first-order valence-electron chi connectivity index (χ1n) is 10.1. The Balaban J connectivity index is 1.85. The van der Waals surface area contributed by atoms with Crippen LogP contribution in [0.4, 0.5) is 0 Å². The van der Waals surface area contributed by atoms with Gasteiger partial charge in [-0.05, 0) is 48.6 Å². The van der Waals surface area contributed by atoms with Crippen molar-refractivity contribution in [2.24, 2.45) is 0 Å². The third-order valence-corrected chi connectivity index (χ3v) is 8.14. The predicted octanol–water partition coefficient (Wildman–Crippen LogP) is 5.04. The Hall–Kier alpha value is -3.03. The van der Waals surface area contributed by atoms with Gasteiger partial charge in [-0.25, -0.2) is 8.42 Å². The van der Waals surface area contributed by atoms with Gasteiger partial charge in [-0.1, -0.05) is 60.2 Å². The lowest BCUT2D eigenvalue weighted by atomic mass is 10.1. The summed E-state index contributed by atoms with van der Waals surface area (Å²) in [6.45, 7) is 2.04. The maximum Gasteiger partial charge on any atom is 0.290 e. The third-order valence-electron chi connectivity index (χ3n) is 5.50. The van der Waals surface area contributed by atoms with Gasteiger partial charge in [0.15, 0.2) is 5.76 Å². The van der Waals surface area contributed by atoms with E-state index in [1.165, 1.54) is 17.0 Å². The van der Waals surface area contributed by atoms with Crippen LogP contribution in [0, 0.1) is 6.92 Å². The number of nitrogens with zero attached hydrogens (tertiary/aromatic N) is 1. The smallest absolute Gasteiger partial charge is 0.290 e. The van der Waals surface area contributed by atoms with Crippen molar-refractivity contribution in [1.29, 1.82) is 0 Å². The summed E-state index contributed by atoms with van der Waals surface area (Å²) in [5, 5.41) is 10.8. The number of carbonyl (C=O) groups excluding carboxylic acids is 1. The molecule has 1 amide bonds. The van der Waals surface area contributed by atoms with Gasteiger partial charge >= 0.3 is 0 Å². The van der Waals surface area contributed by atoms with Gasteiger partial charge in [0.25, 0.3) is 5.91 Å². The van der Waals surface area contributed by atoms with Gasteiger partial charge in [0.05, 0.1) is 10.9 Å². The topological polar surface area (TPSA) is 74.7 Å². The fraction of sp³-hybridized carbons (Fsp3) is 0.160. The zero-order valence-corrected chi connectivity index (χ0v) is 19.4. The van der Waals surface area contributed by atoms with Crippen molar-refractivity contribution in [3.63, 3.8) is 0 Å². The van der Waals surface area contributed by atoms with Crippen molar-refractivity contribution in [1.82, 2.24) is 4.90 Å². The molecule has 7 heteroatoms. The van der Waals surface area contributed by atoms with Gasteiger partial charge in [0, 0.05) is 11.4 Å². The average molecular weight is 466 g/mol. The molecule has 0 bridgehead atoms. The number of rotatable bonds is 6. The van der Waals surface area contributed by atoms with E-state index in [1.54, 1.807) is 23.9 Å². The summed E-state index contributed by atoms with van der Waals surface area (Å²) >= 11 is 1.57. The zero-order valence-electron chi connectivity index (χ0n) is 17.7. The molecule has 0 radical (unpaired) electrons. The van der Waals surface area contributed by atoms with Gasteiger partial charge in [0.1, 0.15) is 4.91 Å². The molecule has 3 aromatic carbocycles. The minimum Gasteiger partial charge on any atom is -0.502 e. The van der Waals surface area contributed by atoms with E-state index in [1.807, 2.05) is 67.8 Å². The molecule has 0 spiro atoms. The summed E-state index contributed by atoms with van der Waals surface area (Å²) in [4.78, 5) is 15.3. The number of amides is 1. The van der Waals surface area contributed by atoms with Crippen LogP contribution in [0.2, 0.25) is 0 Å². The normalized spacial score (nSPS) is 16.6. The molecule has 0 aromatic heterocycles. The molecule has 3 aromatic rings. The number of aryl methyl sites for hydroxylation is 1. The first kappa shape index (κ1) is 22.2. The standard InChI is InChI=1S/C25H23NO4S2/c1-17-8-14-21(15-9-17)32(29,30)24-22(19-10-12-20(31-2)13-11-19)26(25(28)23(24)27)16-18-6-4-3-5-7-18/h3-15,22,27H,16H2,1-2H3/t22-/m1/s1. The molecular formula is C25H23NO4S2. The Labute approximate surface area is 192 Å². The van der Waals surface area contributed by atoms with Crippen molar-refractivity contribution >= 4 is 27.5 Å². The molecule has 1 atom stereocenters. The fourth-order valence-electron chi connectivity index (χ4n) is 3.81. The maximum atomic E-state index is 13.6. The Morgan fingerprint density at radius 1 is 0.938 bits per heavy atom. The molecule has 164 valence electrons. The first-order valence-corrected chi connectivity index (χ1v) is 12.8. The van der Waals surface area contributed by atoms with E-state index in [0.29, 0.717) is 5.56 Å². The van der Waals surface area contributed by atoms with E-state index >= 15 is 0 Å². The van der Waals surface area contributed by atoms with Gasteiger partial charge < -0.3 is 10.0 Å². The highest BCUT2D eigenvalue weighted by molar-refractivity contribution is 7.98. The summed E-state index contributed by atoms with van der Waals surface area (Å²) in [7, 11) is -4.11. The molecule has 0 saturated heterocycles. The van der Waals surface area contributed by atoms with Gasteiger partial charge in [0.2, 0.25) is 9.84 Å². The first-order chi connectivity index (χ1) is 15.3. The number of benzene rings is 3. The summed E-state index contributed by atoms with van der Waals surface area (Å²) in [5.41, 5.74) is 2.38. The zero-order chi connectivity index (χ0) is 22.9. The molecule has 1 N–H and O–H groups in total. The molecular weight excluding hydrogens is 442 g/mol.